The van der Waals surface area contributed by atoms with Crippen LogP contribution in [0.1, 0.15) is 24.0 Å². The van der Waals surface area contributed by atoms with E-state index in [1.165, 1.54) is 0 Å². The first-order valence-electron chi connectivity index (χ1n) is 5.67. The van der Waals surface area contributed by atoms with Crippen molar-refractivity contribution in [3.8, 4) is 0 Å². The highest BCUT2D eigenvalue weighted by atomic mass is 16.4. The van der Waals surface area contributed by atoms with Crippen molar-refractivity contribution in [2.75, 3.05) is 13.1 Å². The van der Waals surface area contributed by atoms with Crippen LogP contribution in [0, 0.1) is 0 Å². The van der Waals surface area contributed by atoms with E-state index in [-0.39, 0.29) is 18.3 Å². The van der Waals surface area contributed by atoms with E-state index < -0.39 is 12.0 Å². The first-order valence-corrected chi connectivity index (χ1v) is 5.67. The number of carbonyl (C=O) groups is 3. The Morgan fingerprint density at radius 1 is 1.30 bits per heavy atom. The average Bonchev–Trinajstić information content (AvgIpc) is 2.87. The van der Waals surface area contributed by atoms with Crippen LogP contribution >= 0.6 is 0 Å². The summed E-state index contributed by atoms with van der Waals surface area (Å²) in [6.07, 6.45) is -0.934. The van der Waals surface area contributed by atoms with Gasteiger partial charge in [0.05, 0.1) is 0 Å². The van der Waals surface area contributed by atoms with E-state index >= 15 is 0 Å². The smallest absolute Gasteiger partial charge is 0.451 e. The van der Waals surface area contributed by atoms with Gasteiger partial charge in [-0.2, -0.15) is 0 Å². The number of amides is 2. The third-order valence-corrected chi connectivity index (χ3v) is 2.10. The fourth-order valence-corrected chi connectivity index (χ4v) is 1.11. The van der Waals surface area contributed by atoms with Crippen molar-refractivity contribution in [3.05, 3.63) is 18.0 Å². The quantitative estimate of drug-likeness (QED) is 0.449. The highest BCUT2D eigenvalue weighted by Gasteiger charge is 2.14. The molecule has 0 aliphatic rings. The second-order valence-corrected chi connectivity index (χ2v) is 3.83. The van der Waals surface area contributed by atoms with Gasteiger partial charge < -0.3 is 15.7 Å². The molecule has 0 radical (unpaired) electrons. The van der Waals surface area contributed by atoms with Gasteiger partial charge in [-0.15, -0.1) is 10.2 Å². The van der Waals surface area contributed by atoms with Crippen molar-refractivity contribution in [2.24, 2.45) is 0 Å². The maximum absolute atomic E-state index is 11.5. The number of hydrogen-bond donors (Lipinski definition) is 3. The van der Waals surface area contributed by atoms with Gasteiger partial charge in [0.2, 0.25) is 5.91 Å². The minimum atomic E-state index is -1.43. The zero-order valence-corrected chi connectivity index (χ0v) is 10.8. The van der Waals surface area contributed by atoms with Crippen LogP contribution in [0.3, 0.4) is 0 Å². The molecule has 108 valence electrons. The van der Waals surface area contributed by atoms with Crippen LogP contribution < -0.4 is 10.6 Å². The Kier molecular flexibility index (Phi) is 5.32. The van der Waals surface area contributed by atoms with Gasteiger partial charge in [0.25, 0.3) is 11.7 Å². The fraction of sp³-hybridized carbons (Fsp3) is 0.400. The van der Waals surface area contributed by atoms with E-state index in [2.05, 4.69) is 32.6 Å². The third kappa shape index (κ3) is 4.48. The molecule has 10 nitrogen and oxygen atoms in total. The van der Waals surface area contributed by atoms with E-state index in [0.29, 0.717) is 23.3 Å². The molecule has 0 saturated carbocycles. The number of rotatable bonds is 6. The molecule has 0 aliphatic heterocycles. The first kappa shape index (κ1) is 15.3. The Hall–Kier alpha value is -2.78. The number of carbonyl (C=O) groups excluding carboxylic acids is 2. The van der Waals surface area contributed by atoms with Crippen molar-refractivity contribution in [1.29, 1.82) is 0 Å². The van der Waals surface area contributed by atoms with Gasteiger partial charge >= 0.3 is 6.09 Å². The Bertz CT molecular complexity index is 538. The van der Waals surface area contributed by atoms with Gasteiger partial charge in [0.15, 0.2) is 0 Å². The summed E-state index contributed by atoms with van der Waals surface area (Å²) in [5.41, 5.74) is 0.406. The summed E-state index contributed by atoms with van der Waals surface area (Å²) in [6, 6.07) is 0. The van der Waals surface area contributed by atoms with Crippen molar-refractivity contribution < 1.29 is 19.5 Å². The molecule has 0 spiro atoms. The predicted molar refractivity (Wildman–Crippen MR) is 66.0 cm³/mol. The maximum Gasteiger partial charge on any atom is 0.451 e. The molecule has 0 bridgehead atoms. The van der Waals surface area contributed by atoms with Crippen LogP contribution in [0.2, 0.25) is 0 Å². The Morgan fingerprint density at radius 2 is 1.95 bits per heavy atom. The second kappa shape index (κ2) is 6.97. The normalized spacial score (nSPS) is 9.85. The number of nitrogens with zero attached hydrogens (tertiary/aromatic N) is 4. The minimum Gasteiger partial charge on any atom is -0.462 e. The predicted octanol–water partition coefficient (Wildman–Crippen LogP) is -0.989. The van der Waals surface area contributed by atoms with Crippen LogP contribution in [0.5, 0.6) is 0 Å². The fourth-order valence-electron chi connectivity index (χ4n) is 1.11. The minimum absolute atomic E-state index is 0.248. The van der Waals surface area contributed by atoms with Crippen LogP contribution in [0.15, 0.2) is 12.2 Å². The van der Waals surface area contributed by atoms with Crippen LogP contribution in [0.25, 0.3) is 0 Å². The number of nitrogens with one attached hydrogen (secondary N) is 2. The van der Waals surface area contributed by atoms with Gasteiger partial charge in [0.1, 0.15) is 0 Å². The number of aromatic nitrogens is 4. The zero-order valence-electron chi connectivity index (χ0n) is 10.8. The number of hydrogen-bond acceptors (Lipinski definition) is 6. The van der Waals surface area contributed by atoms with Gasteiger partial charge in [-0.1, -0.05) is 11.4 Å². The van der Waals surface area contributed by atoms with Crippen LogP contribution in [-0.2, 0) is 4.79 Å². The van der Waals surface area contributed by atoms with Crippen LogP contribution in [0.4, 0.5) is 4.79 Å². The maximum atomic E-state index is 11.5. The molecule has 20 heavy (non-hydrogen) atoms. The van der Waals surface area contributed by atoms with Gasteiger partial charge in [-0.25, -0.2) is 4.79 Å². The lowest BCUT2D eigenvalue weighted by Crippen LogP contribution is -2.30. The molecule has 0 saturated heterocycles. The molecule has 10 heteroatoms. The molecule has 0 unspecified atom stereocenters. The molecular weight excluding hydrogens is 268 g/mol. The Morgan fingerprint density at radius 3 is 2.50 bits per heavy atom. The van der Waals surface area contributed by atoms with E-state index in [1.807, 2.05) is 0 Å². The number of tetrazole rings is 1. The van der Waals surface area contributed by atoms with Crippen molar-refractivity contribution >= 4 is 17.9 Å². The van der Waals surface area contributed by atoms with Crippen molar-refractivity contribution in [1.82, 2.24) is 30.8 Å². The SMILES string of the molecule is C=C(C)C(=O)NCCCNC(=O)c1nnn(C(=O)O)n1. The second-order valence-electron chi connectivity index (χ2n) is 3.83. The molecule has 1 aromatic heterocycles. The molecule has 0 aliphatic carbocycles. The highest BCUT2D eigenvalue weighted by molar-refractivity contribution is 5.92. The largest absolute Gasteiger partial charge is 0.462 e. The third-order valence-electron chi connectivity index (χ3n) is 2.10. The zero-order chi connectivity index (χ0) is 15.1. The molecule has 0 aromatic carbocycles. The van der Waals surface area contributed by atoms with E-state index in [4.69, 9.17) is 5.11 Å². The van der Waals surface area contributed by atoms with Crippen molar-refractivity contribution in [2.45, 2.75) is 13.3 Å². The topological polar surface area (TPSA) is 139 Å². The summed E-state index contributed by atoms with van der Waals surface area (Å²) in [5, 5.41) is 23.4. The van der Waals surface area contributed by atoms with Crippen LogP contribution in [-0.4, -0.2) is 56.3 Å². The molecule has 1 heterocycles. The summed E-state index contributed by atoms with van der Waals surface area (Å²) in [5.74, 6) is -1.22. The van der Waals surface area contributed by atoms with E-state index in [9.17, 15) is 14.4 Å². The molecular formula is C10H14N6O4. The summed E-state index contributed by atoms with van der Waals surface area (Å²) in [7, 11) is 0. The lowest BCUT2D eigenvalue weighted by molar-refractivity contribution is -0.117. The van der Waals surface area contributed by atoms with E-state index in [1.54, 1.807) is 6.92 Å². The van der Waals surface area contributed by atoms with Gasteiger partial charge in [-0.05, 0) is 18.6 Å². The molecule has 0 fully saturated rings. The van der Waals surface area contributed by atoms with Crippen molar-refractivity contribution in [3.63, 3.8) is 0 Å². The molecule has 2 amide bonds. The molecule has 1 aromatic rings. The summed E-state index contributed by atoms with van der Waals surface area (Å²) in [6.45, 7) is 5.73. The lowest BCUT2D eigenvalue weighted by Gasteiger charge is -2.04. The number of carboxylic acid groups (broad SMARTS) is 1. The average molecular weight is 282 g/mol. The Balaban J connectivity index is 2.28. The monoisotopic (exact) mass is 282 g/mol. The lowest BCUT2D eigenvalue weighted by atomic mass is 10.3. The molecule has 0 atom stereocenters. The summed E-state index contributed by atoms with van der Waals surface area (Å²) < 4.78 is 0. The Labute approximate surface area is 113 Å². The summed E-state index contributed by atoms with van der Waals surface area (Å²) >= 11 is 0. The van der Waals surface area contributed by atoms with Gasteiger partial charge in [0, 0.05) is 18.7 Å². The highest BCUT2D eigenvalue weighted by Crippen LogP contribution is 1.88. The van der Waals surface area contributed by atoms with E-state index in [0.717, 1.165) is 0 Å². The summed E-state index contributed by atoms with van der Waals surface area (Å²) in [4.78, 5) is 33.4. The molecule has 1 rings (SSSR count). The molecule has 3 N–H and O–H groups in total. The van der Waals surface area contributed by atoms with Gasteiger partial charge in [-0.3, -0.25) is 9.59 Å². The first-order chi connectivity index (χ1) is 9.41. The standard InChI is InChI=1S/C10H14N6O4/c1-6(2)8(17)11-4-3-5-12-9(18)7-13-15-16(14-7)10(19)20/h1,3-5H2,2H3,(H,11,17)(H,12,18)(H,19,20).